The molecule has 0 spiro atoms. The van der Waals surface area contributed by atoms with Crippen LogP contribution in [0.3, 0.4) is 0 Å². The quantitative estimate of drug-likeness (QED) is 0.202. The molecule has 1 amide bonds. The second kappa shape index (κ2) is 10.8. The zero-order valence-corrected chi connectivity index (χ0v) is 18.3. The van der Waals surface area contributed by atoms with Crippen molar-refractivity contribution in [2.24, 2.45) is 0 Å². The molecule has 1 heterocycles. The third kappa shape index (κ3) is 6.01. The van der Waals surface area contributed by atoms with Gasteiger partial charge in [0.25, 0.3) is 5.69 Å². The number of carbonyl (C=O) groups excluding carboxylic acids is 1. The molecular formula is C26H22N4O4. The van der Waals surface area contributed by atoms with E-state index in [1.165, 1.54) is 12.1 Å². The van der Waals surface area contributed by atoms with Gasteiger partial charge in [-0.2, -0.15) is 4.98 Å². The lowest BCUT2D eigenvalue weighted by Gasteiger charge is -2.20. The summed E-state index contributed by atoms with van der Waals surface area (Å²) in [5.74, 6) is 0.601. The first-order valence-corrected chi connectivity index (χ1v) is 10.7. The number of non-ortho nitro benzene ring substituents is 1. The zero-order valence-electron chi connectivity index (χ0n) is 18.3. The Bertz CT molecular complexity index is 1270. The monoisotopic (exact) mass is 454 g/mol. The molecule has 8 heteroatoms. The van der Waals surface area contributed by atoms with E-state index in [1.807, 2.05) is 60.7 Å². The van der Waals surface area contributed by atoms with Gasteiger partial charge in [-0.15, -0.1) is 0 Å². The highest BCUT2D eigenvalue weighted by Gasteiger charge is 2.15. The molecule has 0 bridgehead atoms. The van der Waals surface area contributed by atoms with E-state index in [0.717, 1.165) is 11.1 Å². The molecule has 3 aromatic carbocycles. The van der Waals surface area contributed by atoms with Crippen LogP contribution in [0, 0.1) is 10.1 Å². The topological polar surface area (TPSA) is 102 Å². The average molecular weight is 454 g/mol. The Hall–Kier alpha value is -4.59. The van der Waals surface area contributed by atoms with Crippen LogP contribution in [-0.4, -0.2) is 32.4 Å². The minimum atomic E-state index is -0.462. The van der Waals surface area contributed by atoms with E-state index < -0.39 is 4.92 Å². The summed E-state index contributed by atoms with van der Waals surface area (Å²) in [6.07, 6.45) is 3.73. The standard InChI is InChI=1S/C26H22N4O4/c31-25(16-11-20-7-3-1-4-8-20)29(19-21-9-5-2-6-10-21)18-17-24-27-26(28-34-24)22-12-14-23(15-13-22)30(32)33/h1-16H,17-19H2. The number of rotatable bonds is 9. The van der Waals surface area contributed by atoms with Gasteiger partial charge in [-0.3, -0.25) is 14.9 Å². The van der Waals surface area contributed by atoms with Crippen molar-refractivity contribution in [2.75, 3.05) is 6.54 Å². The second-order valence-corrected chi connectivity index (χ2v) is 7.56. The maximum atomic E-state index is 13.0. The molecule has 0 radical (unpaired) electrons. The fourth-order valence-corrected chi connectivity index (χ4v) is 3.34. The van der Waals surface area contributed by atoms with Crippen LogP contribution in [0.4, 0.5) is 5.69 Å². The van der Waals surface area contributed by atoms with E-state index in [4.69, 9.17) is 4.52 Å². The minimum Gasteiger partial charge on any atom is -0.339 e. The smallest absolute Gasteiger partial charge is 0.269 e. The van der Waals surface area contributed by atoms with Crippen molar-refractivity contribution >= 4 is 17.7 Å². The molecular weight excluding hydrogens is 432 g/mol. The molecule has 4 rings (SSSR count). The molecule has 4 aromatic rings. The van der Waals surface area contributed by atoms with Crippen molar-refractivity contribution in [3.8, 4) is 11.4 Å². The highest BCUT2D eigenvalue weighted by atomic mass is 16.6. The Balaban J connectivity index is 1.45. The molecule has 0 aliphatic carbocycles. The van der Waals surface area contributed by atoms with Crippen LogP contribution in [0.15, 0.2) is 95.5 Å². The average Bonchev–Trinajstić information content (AvgIpc) is 3.35. The van der Waals surface area contributed by atoms with E-state index in [0.29, 0.717) is 36.8 Å². The molecule has 8 nitrogen and oxygen atoms in total. The Morgan fingerprint density at radius 2 is 1.65 bits per heavy atom. The number of nitrogens with zero attached hydrogens (tertiary/aromatic N) is 4. The first kappa shape index (κ1) is 22.6. The zero-order chi connectivity index (χ0) is 23.8. The molecule has 0 aliphatic rings. The molecule has 170 valence electrons. The van der Waals surface area contributed by atoms with Gasteiger partial charge in [-0.05, 0) is 29.3 Å². The Kier molecular flexibility index (Phi) is 7.19. The summed E-state index contributed by atoms with van der Waals surface area (Å²) in [5.41, 5.74) is 2.57. The van der Waals surface area contributed by atoms with Crippen molar-refractivity contribution in [1.82, 2.24) is 15.0 Å². The van der Waals surface area contributed by atoms with E-state index in [2.05, 4.69) is 10.1 Å². The highest BCUT2D eigenvalue weighted by Crippen LogP contribution is 2.20. The molecule has 0 fully saturated rings. The largest absolute Gasteiger partial charge is 0.339 e. The molecule has 0 saturated carbocycles. The molecule has 0 aliphatic heterocycles. The van der Waals surface area contributed by atoms with Crippen LogP contribution in [-0.2, 0) is 17.8 Å². The van der Waals surface area contributed by atoms with Gasteiger partial charge in [0.15, 0.2) is 0 Å². The molecule has 0 atom stereocenters. The predicted octanol–water partition coefficient (Wildman–Crippen LogP) is 4.93. The van der Waals surface area contributed by atoms with Gasteiger partial charge < -0.3 is 9.42 Å². The summed E-state index contributed by atoms with van der Waals surface area (Å²) >= 11 is 0. The van der Waals surface area contributed by atoms with E-state index in [9.17, 15) is 14.9 Å². The predicted molar refractivity (Wildman–Crippen MR) is 127 cm³/mol. The van der Waals surface area contributed by atoms with Crippen LogP contribution >= 0.6 is 0 Å². The lowest BCUT2D eigenvalue weighted by atomic mass is 10.2. The van der Waals surface area contributed by atoms with Crippen molar-refractivity contribution in [3.63, 3.8) is 0 Å². The van der Waals surface area contributed by atoms with E-state index in [-0.39, 0.29) is 11.6 Å². The van der Waals surface area contributed by atoms with Crippen LogP contribution in [0.25, 0.3) is 17.5 Å². The summed E-state index contributed by atoms with van der Waals surface area (Å²) in [6, 6.07) is 25.3. The number of hydrogen-bond acceptors (Lipinski definition) is 6. The Morgan fingerprint density at radius 1 is 0.971 bits per heavy atom. The number of nitro groups is 1. The Morgan fingerprint density at radius 3 is 2.32 bits per heavy atom. The Labute approximate surface area is 196 Å². The summed E-state index contributed by atoms with van der Waals surface area (Å²) in [6.45, 7) is 0.830. The third-order valence-electron chi connectivity index (χ3n) is 5.15. The van der Waals surface area contributed by atoms with Crippen molar-refractivity contribution in [3.05, 3.63) is 118 Å². The van der Waals surface area contributed by atoms with E-state index >= 15 is 0 Å². The highest BCUT2D eigenvalue weighted by molar-refractivity contribution is 5.91. The second-order valence-electron chi connectivity index (χ2n) is 7.56. The SMILES string of the molecule is O=C(C=Cc1ccccc1)N(CCc1nc(-c2ccc([N+](=O)[O-])cc2)no1)Cc1ccccc1. The van der Waals surface area contributed by atoms with Crippen molar-refractivity contribution in [2.45, 2.75) is 13.0 Å². The maximum absolute atomic E-state index is 13.0. The summed E-state index contributed by atoms with van der Waals surface area (Å²) < 4.78 is 5.36. The van der Waals surface area contributed by atoms with Crippen LogP contribution in [0.2, 0.25) is 0 Å². The summed E-state index contributed by atoms with van der Waals surface area (Å²) in [4.78, 5) is 29.5. The van der Waals surface area contributed by atoms with Gasteiger partial charge in [0.2, 0.25) is 17.6 Å². The summed E-state index contributed by atoms with van der Waals surface area (Å²) in [7, 11) is 0. The molecule has 1 aromatic heterocycles. The maximum Gasteiger partial charge on any atom is 0.269 e. The summed E-state index contributed by atoms with van der Waals surface area (Å²) in [5, 5.41) is 14.8. The third-order valence-corrected chi connectivity index (χ3v) is 5.15. The van der Waals surface area contributed by atoms with Gasteiger partial charge in [-0.1, -0.05) is 65.8 Å². The number of aromatic nitrogens is 2. The lowest BCUT2D eigenvalue weighted by molar-refractivity contribution is -0.384. The van der Waals surface area contributed by atoms with Gasteiger partial charge in [-0.25, -0.2) is 0 Å². The fraction of sp³-hybridized carbons (Fsp3) is 0.115. The molecule has 34 heavy (non-hydrogen) atoms. The van der Waals surface area contributed by atoms with Crippen LogP contribution in [0.1, 0.15) is 17.0 Å². The number of benzene rings is 3. The van der Waals surface area contributed by atoms with Crippen LogP contribution in [0.5, 0.6) is 0 Å². The first-order valence-electron chi connectivity index (χ1n) is 10.7. The first-order chi connectivity index (χ1) is 16.6. The number of amides is 1. The minimum absolute atomic E-state index is 0.00825. The number of hydrogen-bond donors (Lipinski definition) is 0. The van der Waals surface area contributed by atoms with Crippen molar-refractivity contribution in [1.29, 1.82) is 0 Å². The van der Waals surface area contributed by atoms with Gasteiger partial charge in [0.05, 0.1) is 4.92 Å². The van der Waals surface area contributed by atoms with Gasteiger partial charge in [0.1, 0.15) is 0 Å². The molecule has 0 saturated heterocycles. The van der Waals surface area contributed by atoms with Gasteiger partial charge >= 0.3 is 0 Å². The normalized spacial score (nSPS) is 10.9. The molecule has 0 N–H and O–H groups in total. The van der Waals surface area contributed by atoms with E-state index in [1.54, 1.807) is 29.2 Å². The molecule has 0 unspecified atom stereocenters. The van der Waals surface area contributed by atoms with Crippen molar-refractivity contribution < 1.29 is 14.2 Å². The lowest BCUT2D eigenvalue weighted by Crippen LogP contribution is -2.31. The number of carbonyl (C=O) groups is 1. The number of nitro benzene ring substituents is 1. The van der Waals surface area contributed by atoms with Crippen LogP contribution < -0.4 is 0 Å². The fourth-order valence-electron chi connectivity index (χ4n) is 3.34. The van der Waals surface area contributed by atoms with Gasteiger partial charge in [0, 0.05) is 43.3 Å².